The van der Waals surface area contributed by atoms with Crippen LogP contribution in [0.2, 0.25) is 0 Å². The van der Waals surface area contributed by atoms with Crippen molar-refractivity contribution in [2.24, 2.45) is 23.7 Å². The van der Waals surface area contributed by atoms with Crippen LogP contribution in [0.1, 0.15) is 71.6 Å². The van der Waals surface area contributed by atoms with Gasteiger partial charge in [0.15, 0.2) is 0 Å². The number of aliphatic hydroxyl groups is 1. The van der Waals surface area contributed by atoms with E-state index in [1.165, 1.54) is 44.9 Å². The molecule has 0 aromatic carbocycles. The minimum Gasteiger partial charge on any atom is -0.393 e. The lowest BCUT2D eigenvalue weighted by Gasteiger charge is -2.31. The Balaban J connectivity index is 1.75. The molecular weight excluding hydrogens is 208 g/mol. The lowest BCUT2D eigenvalue weighted by molar-refractivity contribution is 0.162. The van der Waals surface area contributed by atoms with Gasteiger partial charge in [-0.05, 0) is 49.4 Å². The summed E-state index contributed by atoms with van der Waals surface area (Å²) in [5, 5.41) is 9.63. The number of hydrogen-bond donors (Lipinski definition) is 1. The minimum atomic E-state index is 0.00689. The Morgan fingerprint density at radius 3 is 2.12 bits per heavy atom. The van der Waals surface area contributed by atoms with Gasteiger partial charge in [-0.1, -0.05) is 46.0 Å². The first-order chi connectivity index (χ1) is 8.16. The van der Waals surface area contributed by atoms with Gasteiger partial charge in [0.1, 0.15) is 0 Å². The molecule has 2 fully saturated rings. The van der Waals surface area contributed by atoms with Crippen molar-refractivity contribution in [1.82, 2.24) is 0 Å². The molecule has 4 atom stereocenters. The van der Waals surface area contributed by atoms with E-state index in [9.17, 15) is 5.11 Å². The van der Waals surface area contributed by atoms with Gasteiger partial charge in [-0.3, -0.25) is 0 Å². The fraction of sp³-hybridized carbons (Fsp3) is 1.00. The molecule has 0 aliphatic heterocycles. The van der Waals surface area contributed by atoms with E-state index in [1.54, 1.807) is 0 Å². The van der Waals surface area contributed by atoms with Crippen LogP contribution in [0, 0.1) is 23.7 Å². The van der Waals surface area contributed by atoms with Crippen molar-refractivity contribution in [1.29, 1.82) is 0 Å². The second kappa shape index (κ2) is 6.22. The molecule has 2 rings (SSSR count). The highest BCUT2D eigenvalue weighted by atomic mass is 16.3. The lowest BCUT2D eigenvalue weighted by Crippen LogP contribution is -2.20. The van der Waals surface area contributed by atoms with E-state index in [4.69, 9.17) is 0 Å². The summed E-state index contributed by atoms with van der Waals surface area (Å²) in [7, 11) is 0. The maximum absolute atomic E-state index is 9.63. The highest BCUT2D eigenvalue weighted by molar-refractivity contribution is 4.81. The third-order valence-corrected chi connectivity index (χ3v) is 5.45. The van der Waals surface area contributed by atoms with Crippen molar-refractivity contribution in [2.75, 3.05) is 0 Å². The molecule has 2 saturated carbocycles. The van der Waals surface area contributed by atoms with Crippen molar-refractivity contribution in [2.45, 2.75) is 77.7 Å². The third kappa shape index (κ3) is 3.71. The van der Waals surface area contributed by atoms with Gasteiger partial charge < -0.3 is 5.11 Å². The molecule has 0 heterocycles. The Hall–Kier alpha value is -0.0400. The van der Waals surface area contributed by atoms with Crippen LogP contribution >= 0.6 is 0 Å². The van der Waals surface area contributed by atoms with Crippen LogP contribution in [0.25, 0.3) is 0 Å². The third-order valence-electron chi connectivity index (χ3n) is 5.45. The summed E-state index contributed by atoms with van der Waals surface area (Å²) in [5.41, 5.74) is 0. The van der Waals surface area contributed by atoms with Crippen molar-refractivity contribution < 1.29 is 5.11 Å². The van der Waals surface area contributed by atoms with Crippen LogP contribution in [0.3, 0.4) is 0 Å². The van der Waals surface area contributed by atoms with Gasteiger partial charge in [0.2, 0.25) is 0 Å². The first kappa shape index (κ1) is 13.4. The van der Waals surface area contributed by atoms with Crippen LogP contribution in [-0.4, -0.2) is 11.2 Å². The zero-order chi connectivity index (χ0) is 12.3. The van der Waals surface area contributed by atoms with E-state index >= 15 is 0 Å². The average Bonchev–Trinajstić information content (AvgIpc) is 2.77. The van der Waals surface area contributed by atoms with Crippen molar-refractivity contribution >= 4 is 0 Å². The van der Waals surface area contributed by atoms with Crippen molar-refractivity contribution in [3.8, 4) is 0 Å². The average molecular weight is 238 g/mol. The highest BCUT2D eigenvalue weighted by Crippen LogP contribution is 2.38. The first-order valence-corrected chi connectivity index (χ1v) is 7.85. The van der Waals surface area contributed by atoms with E-state index < -0.39 is 0 Å². The predicted molar refractivity (Wildman–Crippen MR) is 72.9 cm³/mol. The maximum Gasteiger partial charge on any atom is 0.0543 e. The van der Waals surface area contributed by atoms with E-state index in [1.807, 2.05) is 0 Å². The molecule has 1 heteroatoms. The molecular formula is C16H30O. The molecule has 0 amide bonds. The Morgan fingerprint density at radius 2 is 1.53 bits per heavy atom. The Bertz CT molecular complexity index is 211. The molecule has 100 valence electrons. The lowest BCUT2D eigenvalue weighted by atomic mass is 9.75. The smallest absolute Gasteiger partial charge is 0.0543 e. The monoisotopic (exact) mass is 238 g/mol. The largest absolute Gasteiger partial charge is 0.393 e. The number of hydrogen-bond acceptors (Lipinski definition) is 1. The van der Waals surface area contributed by atoms with Crippen LogP contribution in [-0.2, 0) is 0 Å². The van der Waals surface area contributed by atoms with E-state index in [2.05, 4.69) is 13.8 Å². The second-order valence-electron chi connectivity index (χ2n) is 6.82. The van der Waals surface area contributed by atoms with Crippen LogP contribution in [0.4, 0.5) is 0 Å². The summed E-state index contributed by atoms with van der Waals surface area (Å²) < 4.78 is 0. The van der Waals surface area contributed by atoms with Gasteiger partial charge in [0.25, 0.3) is 0 Å². The molecule has 0 saturated heterocycles. The first-order valence-electron chi connectivity index (χ1n) is 7.85. The van der Waals surface area contributed by atoms with E-state index in [-0.39, 0.29) is 6.10 Å². The van der Waals surface area contributed by atoms with Gasteiger partial charge in [-0.2, -0.15) is 0 Å². The standard InChI is InChI=1S/C16H30O/c1-12(14-6-4-3-5-7-14)10-13(2)15-8-9-16(17)11-15/h12-17H,3-11H2,1-2H3. The van der Waals surface area contributed by atoms with Gasteiger partial charge in [-0.25, -0.2) is 0 Å². The Morgan fingerprint density at radius 1 is 0.882 bits per heavy atom. The number of aliphatic hydroxyl groups excluding tert-OH is 1. The van der Waals surface area contributed by atoms with Crippen LogP contribution in [0.15, 0.2) is 0 Å². The predicted octanol–water partition coefficient (Wildman–Crippen LogP) is 4.39. The summed E-state index contributed by atoms with van der Waals surface area (Å²) >= 11 is 0. The summed E-state index contributed by atoms with van der Waals surface area (Å²) in [6.45, 7) is 4.89. The topological polar surface area (TPSA) is 20.2 Å². The zero-order valence-electron chi connectivity index (χ0n) is 11.7. The Kier molecular flexibility index (Phi) is 4.90. The minimum absolute atomic E-state index is 0.00689. The van der Waals surface area contributed by atoms with E-state index in [0.717, 1.165) is 36.5 Å². The normalized spacial score (nSPS) is 34.8. The molecule has 1 N–H and O–H groups in total. The molecule has 2 aliphatic carbocycles. The van der Waals surface area contributed by atoms with Crippen molar-refractivity contribution in [3.05, 3.63) is 0 Å². The zero-order valence-corrected chi connectivity index (χ0v) is 11.7. The molecule has 17 heavy (non-hydrogen) atoms. The van der Waals surface area contributed by atoms with Gasteiger partial charge in [0.05, 0.1) is 6.10 Å². The molecule has 0 radical (unpaired) electrons. The number of rotatable bonds is 4. The molecule has 0 aromatic heterocycles. The van der Waals surface area contributed by atoms with Gasteiger partial charge in [0, 0.05) is 0 Å². The highest BCUT2D eigenvalue weighted by Gasteiger charge is 2.29. The molecule has 1 nitrogen and oxygen atoms in total. The summed E-state index contributed by atoms with van der Waals surface area (Å²) in [5.74, 6) is 3.53. The van der Waals surface area contributed by atoms with E-state index in [0.29, 0.717) is 0 Å². The summed E-state index contributed by atoms with van der Waals surface area (Å²) in [6, 6.07) is 0. The fourth-order valence-electron chi connectivity index (χ4n) is 4.18. The summed E-state index contributed by atoms with van der Waals surface area (Å²) in [4.78, 5) is 0. The SMILES string of the molecule is CC(CC(C)C1CCC(O)C1)C1CCCCC1. The van der Waals surface area contributed by atoms with Gasteiger partial charge >= 0.3 is 0 Å². The van der Waals surface area contributed by atoms with Gasteiger partial charge in [-0.15, -0.1) is 0 Å². The van der Waals surface area contributed by atoms with Crippen LogP contribution < -0.4 is 0 Å². The maximum atomic E-state index is 9.63. The second-order valence-corrected chi connectivity index (χ2v) is 6.82. The fourth-order valence-corrected chi connectivity index (χ4v) is 4.18. The molecule has 4 unspecified atom stereocenters. The quantitative estimate of drug-likeness (QED) is 0.770. The molecule has 0 bridgehead atoms. The van der Waals surface area contributed by atoms with Crippen molar-refractivity contribution in [3.63, 3.8) is 0 Å². The molecule has 0 spiro atoms. The van der Waals surface area contributed by atoms with Crippen LogP contribution in [0.5, 0.6) is 0 Å². The Labute approximate surface area is 107 Å². The molecule has 2 aliphatic rings. The molecule has 0 aromatic rings. The summed E-state index contributed by atoms with van der Waals surface area (Å²) in [6.07, 6.45) is 12.1.